The van der Waals surface area contributed by atoms with Crippen molar-refractivity contribution in [2.75, 3.05) is 5.73 Å². The molecule has 0 unspecified atom stereocenters. The molecule has 6 heteroatoms. The number of aryl methyl sites for hydroxylation is 1. The standard InChI is InChI=1S/C10H10N6/c1-2-8-7(5-11)10(12)16(15-8)9-3-4-13-6-14-9/h3-4,6H,2,12H2,1H3. The van der Waals surface area contributed by atoms with Crippen molar-refractivity contribution in [2.24, 2.45) is 0 Å². The minimum absolute atomic E-state index is 0.318. The van der Waals surface area contributed by atoms with Gasteiger partial charge in [-0.25, -0.2) is 9.97 Å². The molecule has 2 rings (SSSR count). The van der Waals surface area contributed by atoms with Crippen molar-refractivity contribution in [1.82, 2.24) is 19.7 Å². The molecule has 2 heterocycles. The number of nitrogen functional groups attached to an aromatic ring is 1. The van der Waals surface area contributed by atoms with Crippen molar-refractivity contribution in [1.29, 1.82) is 5.26 Å². The van der Waals surface area contributed by atoms with Crippen LogP contribution in [0.15, 0.2) is 18.6 Å². The van der Waals surface area contributed by atoms with Gasteiger partial charge in [-0.05, 0) is 6.42 Å². The monoisotopic (exact) mass is 214 g/mol. The number of anilines is 1. The summed E-state index contributed by atoms with van der Waals surface area (Å²) >= 11 is 0. The van der Waals surface area contributed by atoms with E-state index in [2.05, 4.69) is 21.1 Å². The second-order valence-electron chi connectivity index (χ2n) is 3.15. The lowest BCUT2D eigenvalue weighted by Crippen LogP contribution is -2.04. The molecule has 0 saturated heterocycles. The molecule has 80 valence electrons. The Hall–Kier alpha value is -2.42. The van der Waals surface area contributed by atoms with Crippen LogP contribution in [0.4, 0.5) is 5.82 Å². The third-order valence-electron chi connectivity index (χ3n) is 2.22. The molecule has 0 saturated carbocycles. The highest BCUT2D eigenvalue weighted by molar-refractivity contribution is 5.55. The largest absolute Gasteiger partial charge is 0.382 e. The van der Waals surface area contributed by atoms with Crippen molar-refractivity contribution in [3.05, 3.63) is 29.8 Å². The van der Waals surface area contributed by atoms with Gasteiger partial charge in [0.05, 0.1) is 5.69 Å². The summed E-state index contributed by atoms with van der Waals surface area (Å²) in [7, 11) is 0. The van der Waals surface area contributed by atoms with Crippen molar-refractivity contribution in [3.8, 4) is 11.9 Å². The van der Waals surface area contributed by atoms with Crippen molar-refractivity contribution < 1.29 is 0 Å². The van der Waals surface area contributed by atoms with Crippen molar-refractivity contribution in [2.45, 2.75) is 13.3 Å². The molecule has 0 bridgehead atoms. The van der Waals surface area contributed by atoms with Crippen LogP contribution < -0.4 is 5.73 Å². The maximum Gasteiger partial charge on any atom is 0.159 e. The van der Waals surface area contributed by atoms with Crippen LogP contribution in [0.5, 0.6) is 0 Å². The number of nitriles is 1. The molecule has 2 aromatic rings. The fraction of sp³-hybridized carbons (Fsp3) is 0.200. The molecule has 0 fully saturated rings. The fourth-order valence-electron chi connectivity index (χ4n) is 1.43. The maximum absolute atomic E-state index is 8.97. The number of nitrogens with two attached hydrogens (primary N) is 1. The number of rotatable bonds is 2. The van der Waals surface area contributed by atoms with Gasteiger partial charge in [0.2, 0.25) is 0 Å². The molecule has 0 spiro atoms. The van der Waals surface area contributed by atoms with E-state index in [9.17, 15) is 0 Å². The van der Waals surface area contributed by atoms with Crippen LogP contribution >= 0.6 is 0 Å². The molecular formula is C10H10N6. The van der Waals surface area contributed by atoms with E-state index in [1.807, 2.05) is 6.92 Å². The molecule has 16 heavy (non-hydrogen) atoms. The first-order valence-corrected chi connectivity index (χ1v) is 4.81. The van der Waals surface area contributed by atoms with E-state index < -0.39 is 0 Å². The topological polar surface area (TPSA) is 93.4 Å². The van der Waals surface area contributed by atoms with Gasteiger partial charge in [0.1, 0.15) is 23.8 Å². The first-order valence-electron chi connectivity index (χ1n) is 4.81. The summed E-state index contributed by atoms with van der Waals surface area (Å²) < 4.78 is 1.46. The molecule has 2 aromatic heterocycles. The zero-order valence-corrected chi connectivity index (χ0v) is 8.75. The van der Waals surface area contributed by atoms with E-state index in [4.69, 9.17) is 11.0 Å². The summed E-state index contributed by atoms with van der Waals surface area (Å²) in [5, 5.41) is 13.2. The predicted molar refractivity (Wildman–Crippen MR) is 57.7 cm³/mol. The van der Waals surface area contributed by atoms with Gasteiger partial charge in [0, 0.05) is 12.3 Å². The average Bonchev–Trinajstić information content (AvgIpc) is 2.66. The Labute approximate surface area is 92.4 Å². The van der Waals surface area contributed by atoms with E-state index in [0.717, 1.165) is 0 Å². The first kappa shape index (κ1) is 10.1. The lowest BCUT2D eigenvalue weighted by Gasteiger charge is -2.00. The second-order valence-corrected chi connectivity index (χ2v) is 3.15. The molecular weight excluding hydrogens is 204 g/mol. The SMILES string of the molecule is CCc1nn(-c2ccncn2)c(N)c1C#N. The third kappa shape index (κ3) is 1.48. The second kappa shape index (κ2) is 3.98. The molecule has 0 atom stereocenters. The summed E-state index contributed by atoms with van der Waals surface area (Å²) in [6.45, 7) is 1.92. The Balaban J connectivity index is 2.60. The zero-order valence-electron chi connectivity index (χ0n) is 8.75. The molecule has 0 aromatic carbocycles. The van der Waals surface area contributed by atoms with Gasteiger partial charge in [-0.15, -0.1) is 0 Å². The Morgan fingerprint density at radius 1 is 1.56 bits per heavy atom. The van der Waals surface area contributed by atoms with Crippen LogP contribution in [0.2, 0.25) is 0 Å². The van der Waals surface area contributed by atoms with Crippen LogP contribution in [0.25, 0.3) is 5.82 Å². The predicted octanol–water partition coefficient (Wildman–Crippen LogP) is 0.679. The summed E-state index contributed by atoms with van der Waals surface area (Å²) in [5.74, 6) is 0.877. The number of hydrogen-bond donors (Lipinski definition) is 1. The smallest absolute Gasteiger partial charge is 0.159 e. The van der Waals surface area contributed by atoms with E-state index in [1.54, 1.807) is 12.3 Å². The van der Waals surface area contributed by atoms with E-state index in [-0.39, 0.29) is 0 Å². The Morgan fingerprint density at radius 2 is 2.38 bits per heavy atom. The summed E-state index contributed by atoms with van der Waals surface area (Å²) in [6, 6.07) is 3.74. The van der Waals surface area contributed by atoms with Crippen molar-refractivity contribution >= 4 is 5.82 Å². The summed E-state index contributed by atoms with van der Waals surface area (Å²) in [4.78, 5) is 7.84. The van der Waals surface area contributed by atoms with Crippen LogP contribution in [-0.4, -0.2) is 19.7 Å². The normalized spacial score (nSPS) is 10.0. The molecule has 0 radical (unpaired) electrons. The minimum Gasteiger partial charge on any atom is -0.382 e. The zero-order chi connectivity index (χ0) is 11.5. The number of aromatic nitrogens is 4. The molecule has 0 amide bonds. The van der Waals surface area contributed by atoms with Crippen LogP contribution in [-0.2, 0) is 6.42 Å². The van der Waals surface area contributed by atoms with Gasteiger partial charge in [-0.1, -0.05) is 6.92 Å². The third-order valence-corrected chi connectivity index (χ3v) is 2.22. The summed E-state index contributed by atoms with van der Waals surface area (Å²) in [6.07, 6.45) is 3.67. The summed E-state index contributed by atoms with van der Waals surface area (Å²) in [5.41, 5.74) is 6.94. The molecule has 2 N–H and O–H groups in total. The first-order chi connectivity index (χ1) is 7.77. The van der Waals surface area contributed by atoms with Gasteiger partial charge in [-0.3, -0.25) is 0 Å². The van der Waals surface area contributed by atoms with Gasteiger partial charge in [0.15, 0.2) is 5.82 Å². The fourth-order valence-corrected chi connectivity index (χ4v) is 1.43. The molecule has 0 aliphatic carbocycles. The highest BCUT2D eigenvalue weighted by Crippen LogP contribution is 2.19. The van der Waals surface area contributed by atoms with Gasteiger partial charge in [-0.2, -0.15) is 15.0 Å². The Kier molecular flexibility index (Phi) is 2.52. The van der Waals surface area contributed by atoms with Gasteiger partial charge in [0.25, 0.3) is 0 Å². The average molecular weight is 214 g/mol. The van der Waals surface area contributed by atoms with Gasteiger partial charge >= 0.3 is 0 Å². The molecule has 0 aliphatic heterocycles. The molecule has 6 nitrogen and oxygen atoms in total. The maximum atomic E-state index is 8.97. The highest BCUT2D eigenvalue weighted by atomic mass is 15.3. The lowest BCUT2D eigenvalue weighted by molar-refractivity contribution is 0.818. The Bertz CT molecular complexity index is 536. The molecule has 0 aliphatic rings. The highest BCUT2D eigenvalue weighted by Gasteiger charge is 2.15. The minimum atomic E-state index is 0.318. The lowest BCUT2D eigenvalue weighted by atomic mass is 10.2. The van der Waals surface area contributed by atoms with E-state index in [0.29, 0.717) is 29.3 Å². The van der Waals surface area contributed by atoms with Crippen LogP contribution in [0, 0.1) is 11.3 Å². The van der Waals surface area contributed by atoms with E-state index >= 15 is 0 Å². The quantitative estimate of drug-likeness (QED) is 0.793. The Morgan fingerprint density at radius 3 is 2.88 bits per heavy atom. The van der Waals surface area contributed by atoms with Gasteiger partial charge < -0.3 is 5.73 Å². The number of hydrogen-bond acceptors (Lipinski definition) is 5. The van der Waals surface area contributed by atoms with E-state index in [1.165, 1.54) is 11.0 Å². The van der Waals surface area contributed by atoms with Crippen LogP contribution in [0.3, 0.4) is 0 Å². The number of nitrogens with zero attached hydrogens (tertiary/aromatic N) is 5. The van der Waals surface area contributed by atoms with Crippen molar-refractivity contribution in [3.63, 3.8) is 0 Å². The van der Waals surface area contributed by atoms with Crippen LogP contribution in [0.1, 0.15) is 18.2 Å².